The third-order valence-electron chi connectivity index (χ3n) is 3.54. The third-order valence-corrected chi connectivity index (χ3v) is 3.54. The Morgan fingerprint density at radius 2 is 2.05 bits per heavy atom. The number of nitrogens with two attached hydrogens (primary N) is 1. The molecule has 1 aliphatic heterocycles. The molecule has 4 nitrogen and oxygen atoms in total. The molecule has 0 spiro atoms. The van der Waals surface area contributed by atoms with Crippen LogP contribution in [-0.2, 0) is 4.74 Å². The first-order valence-electron chi connectivity index (χ1n) is 7.12. The zero-order valence-corrected chi connectivity index (χ0v) is 12.0. The van der Waals surface area contributed by atoms with E-state index in [1.165, 1.54) is 0 Å². The Hall–Kier alpha value is -1.13. The van der Waals surface area contributed by atoms with Crippen molar-refractivity contribution in [2.24, 2.45) is 5.73 Å². The van der Waals surface area contributed by atoms with Gasteiger partial charge in [0.05, 0.1) is 24.1 Å². The lowest BCUT2D eigenvalue weighted by atomic mass is 10.0. The molecule has 2 N–H and O–H groups in total. The molecule has 1 fully saturated rings. The summed E-state index contributed by atoms with van der Waals surface area (Å²) in [6.07, 6.45) is 5.26. The number of rotatable bonds is 4. The molecule has 19 heavy (non-hydrogen) atoms. The third kappa shape index (κ3) is 3.91. The van der Waals surface area contributed by atoms with Crippen LogP contribution in [0.1, 0.15) is 51.8 Å². The molecule has 3 atom stereocenters. The highest BCUT2D eigenvalue weighted by Crippen LogP contribution is 2.24. The maximum atomic E-state index is 5.98. The van der Waals surface area contributed by atoms with Crippen molar-refractivity contribution in [1.82, 2.24) is 4.98 Å². The highest BCUT2D eigenvalue weighted by atomic mass is 16.5. The van der Waals surface area contributed by atoms with Gasteiger partial charge in [0.1, 0.15) is 11.9 Å². The summed E-state index contributed by atoms with van der Waals surface area (Å²) in [5.41, 5.74) is 6.87. The zero-order chi connectivity index (χ0) is 13.8. The van der Waals surface area contributed by atoms with Crippen LogP contribution in [0.3, 0.4) is 0 Å². The van der Waals surface area contributed by atoms with E-state index in [0.29, 0.717) is 0 Å². The van der Waals surface area contributed by atoms with Crippen LogP contribution >= 0.6 is 0 Å². The van der Waals surface area contributed by atoms with Crippen LogP contribution < -0.4 is 10.5 Å². The van der Waals surface area contributed by atoms with E-state index in [2.05, 4.69) is 25.8 Å². The molecule has 2 heterocycles. The Balaban J connectivity index is 1.95. The molecule has 2 unspecified atom stereocenters. The SMILES string of the molecule is CC[C@H](N)c1ccc(OC2CC(C)OC(C)C2)cn1. The Kier molecular flexibility index (Phi) is 4.77. The van der Waals surface area contributed by atoms with E-state index in [4.69, 9.17) is 15.2 Å². The van der Waals surface area contributed by atoms with Crippen LogP contribution in [0.2, 0.25) is 0 Å². The van der Waals surface area contributed by atoms with E-state index in [9.17, 15) is 0 Å². The highest BCUT2D eigenvalue weighted by molar-refractivity contribution is 5.21. The average Bonchev–Trinajstić information content (AvgIpc) is 2.37. The molecule has 0 radical (unpaired) electrons. The second-order valence-corrected chi connectivity index (χ2v) is 5.40. The first-order chi connectivity index (χ1) is 9.08. The second-order valence-electron chi connectivity index (χ2n) is 5.40. The van der Waals surface area contributed by atoms with Crippen molar-refractivity contribution >= 4 is 0 Å². The average molecular weight is 264 g/mol. The van der Waals surface area contributed by atoms with Crippen molar-refractivity contribution in [2.45, 2.75) is 64.4 Å². The maximum Gasteiger partial charge on any atom is 0.138 e. The molecule has 2 rings (SSSR count). The van der Waals surface area contributed by atoms with E-state index in [1.807, 2.05) is 12.1 Å². The Labute approximate surface area is 115 Å². The number of hydrogen-bond acceptors (Lipinski definition) is 4. The van der Waals surface area contributed by atoms with Gasteiger partial charge < -0.3 is 15.2 Å². The number of aromatic nitrogens is 1. The lowest BCUT2D eigenvalue weighted by Crippen LogP contribution is -2.35. The summed E-state index contributed by atoms with van der Waals surface area (Å²) in [5, 5.41) is 0. The van der Waals surface area contributed by atoms with Crippen molar-refractivity contribution in [3.63, 3.8) is 0 Å². The Morgan fingerprint density at radius 3 is 2.58 bits per heavy atom. The lowest BCUT2D eigenvalue weighted by Gasteiger charge is -2.32. The molecule has 4 heteroatoms. The zero-order valence-electron chi connectivity index (χ0n) is 12.0. The van der Waals surface area contributed by atoms with E-state index in [0.717, 1.165) is 30.7 Å². The predicted octanol–water partition coefficient (Wildman–Crippen LogP) is 2.83. The Morgan fingerprint density at radius 1 is 1.37 bits per heavy atom. The molecular formula is C15H24N2O2. The van der Waals surface area contributed by atoms with Crippen LogP contribution in [0, 0.1) is 0 Å². The van der Waals surface area contributed by atoms with Gasteiger partial charge in [-0.3, -0.25) is 4.98 Å². The van der Waals surface area contributed by atoms with Crippen LogP contribution in [0.4, 0.5) is 0 Å². The molecular weight excluding hydrogens is 240 g/mol. The monoisotopic (exact) mass is 264 g/mol. The van der Waals surface area contributed by atoms with Gasteiger partial charge in [0.2, 0.25) is 0 Å². The minimum absolute atomic E-state index is 0.0113. The first kappa shape index (κ1) is 14.3. The summed E-state index contributed by atoms with van der Waals surface area (Å²) in [7, 11) is 0. The van der Waals surface area contributed by atoms with Gasteiger partial charge in [-0.25, -0.2) is 0 Å². The van der Waals surface area contributed by atoms with Gasteiger partial charge in [0.25, 0.3) is 0 Å². The van der Waals surface area contributed by atoms with Gasteiger partial charge in [-0.2, -0.15) is 0 Å². The van der Waals surface area contributed by atoms with Crippen molar-refractivity contribution in [3.8, 4) is 5.75 Å². The van der Waals surface area contributed by atoms with Crippen LogP contribution in [-0.4, -0.2) is 23.3 Å². The molecule has 1 aromatic rings. The quantitative estimate of drug-likeness (QED) is 0.908. The van der Waals surface area contributed by atoms with Gasteiger partial charge in [-0.15, -0.1) is 0 Å². The summed E-state index contributed by atoms with van der Waals surface area (Å²) in [6.45, 7) is 6.24. The number of pyridine rings is 1. The van der Waals surface area contributed by atoms with Crippen LogP contribution in [0.15, 0.2) is 18.3 Å². The highest BCUT2D eigenvalue weighted by Gasteiger charge is 2.25. The fraction of sp³-hybridized carbons (Fsp3) is 0.667. The van der Waals surface area contributed by atoms with Gasteiger partial charge in [-0.05, 0) is 32.4 Å². The van der Waals surface area contributed by atoms with E-state index in [-0.39, 0.29) is 24.4 Å². The van der Waals surface area contributed by atoms with Gasteiger partial charge >= 0.3 is 0 Å². The van der Waals surface area contributed by atoms with Crippen molar-refractivity contribution in [1.29, 1.82) is 0 Å². The maximum absolute atomic E-state index is 5.98. The molecule has 106 valence electrons. The lowest BCUT2D eigenvalue weighted by molar-refractivity contribution is -0.0722. The molecule has 0 aromatic carbocycles. The molecule has 1 aliphatic rings. The summed E-state index contributed by atoms with van der Waals surface area (Å²) >= 11 is 0. The fourth-order valence-electron chi connectivity index (χ4n) is 2.52. The van der Waals surface area contributed by atoms with Gasteiger partial charge in [0.15, 0.2) is 0 Å². The van der Waals surface area contributed by atoms with Gasteiger partial charge in [0, 0.05) is 18.9 Å². The van der Waals surface area contributed by atoms with Gasteiger partial charge in [-0.1, -0.05) is 6.92 Å². The standard InChI is InChI=1S/C15H24N2O2/c1-4-14(16)15-6-5-12(9-17-15)19-13-7-10(2)18-11(3)8-13/h5-6,9-11,13-14H,4,7-8,16H2,1-3H3/t10?,11?,13?,14-/m0/s1. The number of hydrogen-bond donors (Lipinski definition) is 1. The predicted molar refractivity (Wildman–Crippen MR) is 75.1 cm³/mol. The summed E-state index contributed by atoms with van der Waals surface area (Å²) < 4.78 is 11.7. The second kappa shape index (κ2) is 6.35. The number of ether oxygens (including phenoxy) is 2. The van der Waals surface area contributed by atoms with Crippen molar-refractivity contribution in [2.75, 3.05) is 0 Å². The summed E-state index contributed by atoms with van der Waals surface area (Å²) in [5.74, 6) is 0.818. The summed E-state index contributed by atoms with van der Waals surface area (Å²) in [6, 6.07) is 3.93. The van der Waals surface area contributed by atoms with E-state index >= 15 is 0 Å². The topological polar surface area (TPSA) is 57.4 Å². The fourth-order valence-corrected chi connectivity index (χ4v) is 2.52. The van der Waals surface area contributed by atoms with E-state index in [1.54, 1.807) is 6.20 Å². The molecule has 1 saturated heterocycles. The summed E-state index contributed by atoms with van der Waals surface area (Å²) in [4.78, 5) is 4.37. The van der Waals surface area contributed by atoms with Crippen molar-refractivity contribution in [3.05, 3.63) is 24.0 Å². The largest absolute Gasteiger partial charge is 0.489 e. The molecule has 0 aliphatic carbocycles. The molecule has 0 bridgehead atoms. The normalized spacial score (nSPS) is 28.9. The molecule has 0 saturated carbocycles. The minimum Gasteiger partial charge on any atom is -0.489 e. The van der Waals surface area contributed by atoms with Crippen LogP contribution in [0.25, 0.3) is 0 Å². The smallest absolute Gasteiger partial charge is 0.138 e. The van der Waals surface area contributed by atoms with E-state index < -0.39 is 0 Å². The number of nitrogens with zero attached hydrogens (tertiary/aromatic N) is 1. The minimum atomic E-state index is 0.0113. The molecule has 0 amide bonds. The van der Waals surface area contributed by atoms with Crippen molar-refractivity contribution < 1.29 is 9.47 Å². The Bertz CT molecular complexity index is 384. The van der Waals surface area contributed by atoms with Crippen LogP contribution in [0.5, 0.6) is 5.75 Å². The first-order valence-corrected chi connectivity index (χ1v) is 7.12. The molecule has 1 aromatic heterocycles.